The Labute approximate surface area is 295 Å². The van der Waals surface area contributed by atoms with Crippen LogP contribution in [0.2, 0.25) is 0 Å². The summed E-state index contributed by atoms with van der Waals surface area (Å²) in [6.45, 7) is 3.54. The number of esters is 1. The minimum Gasteiger partial charge on any atom is -0.493 e. The average Bonchev–Trinajstić information content (AvgIpc) is 3.00. The monoisotopic (exact) mass is 902 g/mol. The molecule has 11 nitrogen and oxygen atoms in total. The van der Waals surface area contributed by atoms with Crippen molar-refractivity contribution in [1.82, 2.24) is 16.1 Å². The highest BCUT2D eigenvalue weighted by Crippen LogP contribution is 2.35. The Hall–Kier alpha value is -3.38. The van der Waals surface area contributed by atoms with Crippen LogP contribution in [-0.4, -0.2) is 44.4 Å². The average molecular weight is 903 g/mol. The summed E-state index contributed by atoms with van der Waals surface area (Å²) in [5.74, 6) is 0.198. The van der Waals surface area contributed by atoms with Gasteiger partial charge in [0.1, 0.15) is 12.4 Å². The number of hydrogen-bond donors (Lipinski definition) is 3. The van der Waals surface area contributed by atoms with E-state index in [2.05, 4.69) is 82.3 Å². The van der Waals surface area contributed by atoms with E-state index in [1.165, 1.54) is 13.3 Å². The summed E-state index contributed by atoms with van der Waals surface area (Å²) in [5, 5.41) is 9.45. The smallest absolute Gasteiger partial charge is 0.338 e. The van der Waals surface area contributed by atoms with Gasteiger partial charge in [0.15, 0.2) is 18.1 Å². The lowest BCUT2D eigenvalue weighted by Crippen LogP contribution is -2.45. The van der Waals surface area contributed by atoms with Gasteiger partial charge < -0.3 is 29.6 Å². The highest BCUT2D eigenvalue weighted by molar-refractivity contribution is 14.1. The maximum absolute atomic E-state index is 12.6. The Kier molecular flexibility index (Phi) is 12.5. The van der Waals surface area contributed by atoms with Crippen molar-refractivity contribution in [3.63, 3.8) is 0 Å². The zero-order valence-corrected chi connectivity index (χ0v) is 30.3. The maximum Gasteiger partial charge on any atom is 0.338 e. The standard InChI is InChI=1S/C31H29BrI2N4O7/c1-4-43-30(40)27-17(2)36-31(41)37-28(27)19-7-10-24(25(12-19)42-3)44-16-26(39)38-35-14-20-11-22(33)13-23(34)29(20)45-15-18-5-8-21(32)9-6-18/h5-14,28H,4,15-16H2,1-3H3,(H,38,39)(H2,36,37,41)/b35-14+/t28-/m0/s1. The summed E-state index contributed by atoms with van der Waals surface area (Å²) < 4.78 is 25.4. The van der Waals surface area contributed by atoms with Gasteiger partial charge in [-0.1, -0.05) is 34.1 Å². The summed E-state index contributed by atoms with van der Waals surface area (Å²) in [7, 11) is 1.45. The lowest BCUT2D eigenvalue weighted by atomic mass is 9.95. The Balaban J connectivity index is 1.41. The van der Waals surface area contributed by atoms with Gasteiger partial charge in [-0.3, -0.25) is 4.79 Å². The molecule has 0 radical (unpaired) electrons. The third-order valence-electron chi connectivity index (χ3n) is 6.37. The molecule has 0 bridgehead atoms. The van der Waals surface area contributed by atoms with Crippen LogP contribution < -0.4 is 30.3 Å². The number of allylic oxidation sites excluding steroid dienone is 1. The predicted molar refractivity (Wildman–Crippen MR) is 188 cm³/mol. The van der Waals surface area contributed by atoms with Gasteiger partial charge in [-0.05, 0) is 107 Å². The van der Waals surface area contributed by atoms with Gasteiger partial charge in [0.25, 0.3) is 5.91 Å². The van der Waals surface area contributed by atoms with E-state index < -0.39 is 23.9 Å². The molecule has 3 aromatic rings. The minimum absolute atomic E-state index is 0.185. The summed E-state index contributed by atoms with van der Waals surface area (Å²) >= 11 is 7.86. The predicted octanol–water partition coefficient (Wildman–Crippen LogP) is 5.97. The molecule has 0 aliphatic carbocycles. The minimum atomic E-state index is -0.772. The molecule has 3 aromatic carbocycles. The normalized spacial score (nSPS) is 14.4. The Morgan fingerprint density at radius 2 is 1.82 bits per heavy atom. The van der Waals surface area contributed by atoms with Crippen LogP contribution in [0.25, 0.3) is 0 Å². The molecule has 1 atom stereocenters. The molecule has 1 aliphatic heterocycles. The molecule has 0 unspecified atom stereocenters. The fourth-order valence-corrected chi connectivity index (χ4v) is 6.63. The van der Waals surface area contributed by atoms with E-state index >= 15 is 0 Å². The molecule has 0 fully saturated rings. The molecule has 0 saturated carbocycles. The first-order valence-corrected chi connectivity index (χ1v) is 16.5. The Morgan fingerprint density at radius 3 is 2.53 bits per heavy atom. The van der Waals surface area contributed by atoms with E-state index in [1.807, 2.05) is 36.4 Å². The zero-order chi connectivity index (χ0) is 32.5. The molecule has 14 heteroatoms. The first-order valence-electron chi connectivity index (χ1n) is 13.5. The van der Waals surface area contributed by atoms with E-state index in [9.17, 15) is 14.4 Å². The summed E-state index contributed by atoms with van der Waals surface area (Å²) in [6, 6.07) is 15.4. The number of carbonyl (C=O) groups excluding carboxylic acids is 3. The van der Waals surface area contributed by atoms with Crippen molar-refractivity contribution >= 4 is 85.2 Å². The number of benzene rings is 3. The van der Waals surface area contributed by atoms with Crippen molar-refractivity contribution < 1.29 is 33.3 Å². The lowest BCUT2D eigenvalue weighted by molar-refractivity contribution is -0.139. The molecule has 0 aromatic heterocycles. The Bertz CT molecular complexity index is 1650. The van der Waals surface area contributed by atoms with Crippen LogP contribution in [0, 0.1) is 7.14 Å². The highest BCUT2D eigenvalue weighted by atomic mass is 127. The number of urea groups is 1. The van der Waals surface area contributed by atoms with Gasteiger partial charge >= 0.3 is 12.0 Å². The van der Waals surface area contributed by atoms with Gasteiger partial charge in [-0.15, -0.1) is 0 Å². The number of hydrazone groups is 1. The molecule has 3 amide bonds. The molecule has 4 rings (SSSR count). The largest absolute Gasteiger partial charge is 0.493 e. The number of carbonyl (C=O) groups is 3. The van der Waals surface area contributed by atoms with E-state index in [-0.39, 0.29) is 24.5 Å². The van der Waals surface area contributed by atoms with E-state index in [1.54, 1.807) is 32.0 Å². The zero-order valence-electron chi connectivity index (χ0n) is 24.4. The third-order valence-corrected chi connectivity index (χ3v) is 8.32. The van der Waals surface area contributed by atoms with E-state index in [0.717, 1.165) is 17.2 Å². The van der Waals surface area contributed by atoms with Gasteiger partial charge in [-0.25, -0.2) is 15.0 Å². The van der Waals surface area contributed by atoms with Crippen LogP contribution in [0.15, 0.2) is 75.4 Å². The third kappa shape index (κ3) is 9.32. The molecule has 0 saturated heterocycles. The van der Waals surface area contributed by atoms with Gasteiger partial charge in [0.05, 0.1) is 35.1 Å². The van der Waals surface area contributed by atoms with E-state index in [0.29, 0.717) is 34.9 Å². The van der Waals surface area contributed by atoms with Crippen molar-refractivity contribution in [1.29, 1.82) is 0 Å². The van der Waals surface area contributed by atoms with Crippen molar-refractivity contribution in [3.8, 4) is 17.2 Å². The number of ether oxygens (including phenoxy) is 4. The molecule has 0 spiro atoms. The highest BCUT2D eigenvalue weighted by Gasteiger charge is 2.32. The van der Waals surface area contributed by atoms with Crippen LogP contribution >= 0.6 is 61.1 Å². The number of amides is 3. The number of nitrogens with zero attached hydrogens (tertiary/aromatic N) is 1. The summed E-state index contributed by atoms with van der Waals surface area (Å²) in [5.41, 5.74) is 5.42. The molecular weight excluding hydrogens is 874 g/mol. The first-order chi connectivity index (χ1) is 21.6. The van der Waals surface area contributed by atoms with Crippen molar-refractivity contribution in [2.45, 2.75) is 26.5 Å². The van der Waals surface area contributed by atoms with Crippen LogP contribution in [0.5, 0.6) is 17.2 Å². The molecule has 1 heterocycles. The SMILES string of the molecule is CCOC(=O)C1=C(C)NC(=O)N[C@H]1c1ccc(OCC(=O)N/N=C/c2cc(I)cc(I)c2OCc2ccc(Br)cc2)c(OC)c1. The molecule has 3 N–H and O–H groups in total. The quantitative estimate of drug-likeness (QED) is 0.0884. The van der Waals surface area contributed by atoms with Crippen LogP contribution in [0.1, 0.15) is 36.6 Å². The topological polar surface area (TPSA) is 137 Å². The second-order valence-corrected chi connectivity index (χ2v) is 12.8. The van der Waals surface area contributed by atoms with Crippen LogP contribution in [0.3, 0.4) is 0 Å². The van der Waals surface area contributed by atoms with Crippen LogP contribution in [-0.2, 0) is 20.9 Å². The second kappa shape index (κ2) is 16.3. The summed E-state index contributed by atoms with van der Waals surface area (Å²) in [6.07, 6.45) is 1.53. The Morgan fingerprint density at radius 1 is 1.07 bits per heavy atom. The van der Waals surface area contributed by atoms with Gasteiger partial charge in [0, 0.05) is 19.3 Å². The fourth-order valence-electron chi connectivity index (χ4n) is 4.32. The van der Waals surface area contributed by atoms with Gasteiger partial charge in [0.2, 0.25) is 0 Å². The second-order valence-electron chi connectivity index (χ2n) is 9.50. The van der Waals surface area contributed by atoms with Crippen molar-refractivity contribution in [3.05, 3.63) is 94.2 Å². The molecule has 1 aliphatic rings. The van der Waals surface area contributed by atoms with Gasteiger partial charge in [-0.2, -0.15) is 5.10 Å². The number of halogens is 3. The van der Waals surface area contributed by atoms with Crippen LogP contribution in [0.4, 0.5) is 4.79 Å². The molecular formula is C31H29BrI2N4O7. The fraction of sp³-hybridized carbons (Fsp3) is 0.226. The van der Waals surface area contributed by atoms with E-state index in [4.69, 9.17) is 18.9 Å². The lowest BCUT2D eigenvalue weighted by Gasteiger charge is -2.28. The number of rotatable bonds is 12. The number of nitrogens with one attached hydrogen (secondary N) is 3. The van der Waals surface area contributed by atoms with Crippen molar-refractivity contribution in [2.75, 3.05) is 20.3 Å². The maximum atomic E-state index is 12.6. The number of hydrogen-bond acceptors (Lipinski definition) is 8. The molecule has 236 valence electrons. The molecule has 45 heavy (non-hydrogen) atoms. The first kappa shape index (κ1) is 34.5. The van der Waals surface area contributed by atoms with Crippen molar-refractivity contribution in [2.24, 2.45) is 5.10 Å². The number of methoxy groups -OCH3 is 1. The summed E-state index contributed by atoms with van der Waals surface area (Å²) in [4.78, 5) is 37.4.